The molecule has 0 bridgehead atoms. The van der Waals surface area contributed by atoms with E-state index in [2.05, 4.69) is 29.3 Å². The zero-order chi connectivity index (χ0) is 15.2. The van der Waals surface area contributed by atoms with Crippen LogP contribution in [0.5, 0.6) is 5.75 Å². The second kappa shape index (κ2) is 7.81. The molecule has 1 atom stereocenters. The third-order valence-electron chi connectivity index (χ3n) is 4.57. The molecular weight excluding hydrogens is 260 g/mol. The second-order valence-corrected chi connectivity index (χ2v) is 6.30. The van der Waals surface area contributed by atoms with Crippen LogP contribution in [0.4, 0.5) is 0 Å². The van der Waals surface area contributed by atoms with Gasteiger partial charge in [-0.25, -0.2) is 0 Å². The number of piperazine rings is 1. The number of aryl methyl sites for hydroxylation is 2. The molecule has 2 N–H and O–H groups in total. The van der Waals surface area contributed by atoms with Crippen LogP contribution < -0.4 is 5.32 Å². The van der Waals surface area contributed by atoms with Crippen molar-refractivity contribution >= 4 is 0 Å². The second-order valence-electron chi connectivity index (χ2n) is 6.30. The number of aromatic hydroxyl groups is 1. The Balaban J connectivity index is 2.20. The van der Waals surface area contributed by atoms with Gasteiger partial charge < -0.3 is 10.4 Å². The van der Waals surface area contributed by atoms with Crippen LogP contribution in [0.3, 0.4) is 0 Å². The molecule has 3 heteroatoms. The number of hydrogen-bond donors (Lipinski definition) is 2. The lowest BCUT2D eigenvalue weighted by Crippen LogP contribution is -2.45. The number of hydrogen-bond acceptors (Lipinski definition) is 3. The van der Waals surface area contributed by atoms with Crippen molar-refractivity contribution in [2.24, 2.45) is 0 Å². The van der Waals surface area contributed by atoms with Gasteiger partial charge in [0.2, 0.25) is 0 Å². The van der Waals surface area contributed by atoms with Crippen LogP contribution in [-0.4, -0.2) is 36.2 Å². The summed E-state index contributed by atoms with van der Waals surface area (Å²) in [6, 6.07) is 4.86. The molecule has 0 radical (unpaired) electrons. The monoisotopic (exact) mass is 290 g/mol. The molecule has 0 unspecified atom stereocenters. The minimum atomic E-state index is 0.450. The first-order valence-corrected chi connectivity index (χ1v) is 8.38. The zero-order valence-corrected chi connectivity index (χ0v) is 13.8. The number of rotatable bonds is 6. The normalized spacial score (nSPS) is 17.9. The molecule has 3 nitrogen and oxygen atoms in total. The van der Waals surface area contributed by atoms with Crippen LogP contribution in [0, 0.1) is 13.8 Å². The first-order valence-electron chi connectivity index (χ1n) is 8.38. The summed E-state index contributed by atoms with van der Waals surface area (Å²) in [6.07, 6.45) is 5.07. The molecule has 1 aliphatic heterocycles. The van der Waals surface area contributed by atoms with Crippen LogP contribution in [0.1, 0.15) is 55.3 Å². The van der Waals surface area contributed by atoms with Crippen molar-refractivity contribution in [1.82, 2.24) is 10.2 Å². The molecule has 2 rings (SSSR count). The highest BCUT2D eigenvalue weighted by atomic mass is 16.3. The predicted molar refractivity (Wildman–Crippen MR) is 88.9 cm³/mol. The lowest BCUT2D eigenvalue weighted by molar-refractivity contribution is 0.162. The summed E-state index contributed by atoms with van der Waals surface area (Å²) >= 11 is 0. The Morgan fingerprint density at radius 3 is 2.33 bits per heavy atom. The van der Waals surface area contributed by atoms with E-state index in [-0.39, 0.29) is 0 Å². The molecule has 0 spiro atoms. The standard InChI is InChI=1S/C18H30N2O/c1-4-5-6-7-17(20-10-8-19-9-11-20)16-12-14(2)18(21)15(3)13-16/h12-13,17,19,21H,4-11H2,1-3H3/t17-/m1/s1. The van der Waals surface area contributed by atoms with Gasteiger partial charge in [-0.2, -0.15) is 0 Å². The van der Waals surface area contributed by atoms with E-state index in [1.165, 1.54) is 31.2 Å². The van der Waals surface area contributed by atoms with Gasteiger partial charge in [0.15, 0.2) is 0 Å². The summed E-state index contributed by atoms with van der Waals surface area (Å²) in [6.45, 7) is 10.7. The third kappa shape index (κ3) is 4.21. The molecule has 1 fully saturated rings. The summed E-state index contributed by atoms with van der Waals surface area (Å²) in [5, 5.41) is 13.5. The molecule has 21 heavy (non-hydrogen) atoms. The average Bonchev–Trinajstić information content (AvgIpc) is 2.50. The minimum Gasteiger partial charge on any atom is -0.507 e. The molecule has 0 amide bonds. The minimum absolute atomic E-state index is 0.450. The molecule has 1 heterocycles. The van der Waals surface area contributed by atoms with Crippen molar-refractivity contribution in [3.8, 4) is 5.75 Å². The van der Waals surface area contributed by atoms with Gasteiger partial charge in [0.25, 0.3) is 0 Å². The number of phenolic OH excluding ortho intramolecular Hbond substituents is 1. The molecule has 0 saturated carbocycles. The van der Waals surface area contributed by atoms with E-state index in [0.717, 1.165) is 37.3 Å². The van der Waals surface area contributed by atoms with Crippen LogP contribution in [0.15, 0.2) is 12.1 Å². The lowest BCUT2D eigenvalue weighted by Gasteiger charge is -2.35. The summed E-state index contributed by atoms with van der Waals surface area (Å²) < 4.78 is 0. The molecule has 1 saturated heterocycles. The van der Waals surface area contributed by atoms with E-state index >= 15 is 0 Å². The quantitative estimate of drug-likeness (QED) is 0.787. The first kappa shape index (κ1) is 16.3. The van der Waals surface area contributed by atoms with Crippen molar-refractivity contribution in [2.45, 2.75) is 52.5 Å². The highest BCUT2D eigenvalue weighted by Gasteiger charge is 2.22. The molecule has 1 aliphatic rings. The number of nitrogens with zero attached hydrogens (tertiary/aromatic N) is 1. The van der Waals surface area contributed by atoms with Gasteiger partial charge in [-0.05, 0) is 37.0 Å². The fourth-order valence-electron chi connectivity index (χ4n) is 3.32. The predicted octanol–water partition coefficient (Wildman–Crippen LogP) is 3.54. The van der Waals surface area contributed by atoms with Gasteiger partial charge in [-0.15, -0.1) is 0 Å². The third-order valence-corrected chi connectivity index (χ3v) is 4.57. The SMILES string of the molecule is CCCCC[C@H](c1cc(C)c(O)c(C)c1)N1CCNCC1. The van der Waals surface area contributed by atoms with Crippen LogP contribution in [0.2, 0.25) is 0 Å². The maximum absolute atomic E-state index is 10.0. The Bertz CT molecular complexity index is 430. The molecule has 0 aliphatic carbocycles. The van der Waals surface area contributed by atoms with Crippen molar-refractivity contribution in [3.05, 3.63) is 28.8 Å². The van der Waals surface area contributed by atoms with E-state index < -0.39 is 0 Å². The van der Waals surface area contributed by atoms with Gasteiger partial charge in [-0.3, -0.25) is 4.90 Å². The van der Waals surface area contributed by atoms with Gasteiger partial charge in [0, 0.05) is 32.2 Å². The van der Waals surface area contributed by atoms with Crippen molar-refractivity contribution in [1.29, 1.82) is 0 Å². The fraction of sp³-hybridized carbons (Fsp3) is 0.667. The van der Waals surface area contributed by atoms with E-state index in [1.54, 1.807) is 0 Å². The first-order chi connectivity index (χ1) is 10.1. The summed E-state index contributed by atoms with van der Waals surface area (Å²) in [5.41, 5.74) is 3.38. The summed E-state index contributed by atoms with van der Waals surface area (Å²) in [4.78, 5) is 2.61. The lowest BCUT2D eigenvalue weighted by atomic mass is 9.94. The van der Waals surface area contributed by atoms with Gasteiger partial charge >= 0.3 is 0 Å². The number of unbranched alkanes of at least 4 members (excludes halogenated alkanes) is 2. The van der Waals surface area contributed by atoms with E-state index in [0.29, 0.717) is 11.8 Å². The Hall–Kier alpha value is -1.06. The zero-order valence-electron chi connectivity index (χ0n) is 13.8. The Labute approximate surface area is 129 Å². The smallest absolute Gasteiger partial charge is 0.121 e. The van der Waals surface area contributed by atoms with Crippen molar-refractivity contribution in [3.63, 3.8) is 0 Å². The van der Waals surface area contributed by atoms with E-state index in [1.807, 2.05) is 13.8 Å². The largest absolute Gasteiger partial charge is 0.507 e. The molecule has 1 aromatic rings. The Kier molecular flexibility index (Phi) is 6.07. The number of benzene rings is 1. The Morgan fingerprint density at radius 2 is 1.76 bits per heavy atom. The molecular formula is C18H30N2O. The van der Waals surface area contributed by atoms with Crippen LogP contribution in [-0.2, 0) is 0 Å². The number of phenols is 1. The molecule has 1 aromatic carbocycles. The fourth-order valence-corrected chi connectivity index (χ4v) is 3.32. The van der Waals surface area contributed by atoms with Gasteiger partial charge in [-0.1, -0.05) is 38.3 Å². The maximum atomic E-state index is 10.0. The van der Waals surface area contributed by atoms with Crippen molar-refractivity contribution in [2.75, 3.05) is 26.2 Å². The van der Waals surface area contributed by atoms with Crippen molar-refractivity contribution < 1.29 is 5.11 Å². The highest BCUT2D eigenvalue weighted by Crippen LogP contribution is 2.32. The number of nitrogens with one attached hydrogen (secondary N) is 1. The maximum Gasteiger partial charge on any atom is 0.121 e. The van der Waals surface area contributed by atoms with Gasteiger partial charge in [0.1, 0.15) is 5.75 Å². The Morgan fingerprint density at radius 1 is 1.14 bits per heavy atom. The van der Waals surface area contributed by atoms with E-state index in [4.69, 9.17) is 0 Å². The topological polar surface area (TPSA) is 35.5 Å². The van der Waals surface area contributed by atoms with Crippen LogP contribution >= 0.6 is 0 Å². The summed E-state index contributed by atoms with van der Waals surface area (Å²) in [5.74, 6) is 0.450. The van der Waals surface area contributed by atoms with Crippen LogP contribution in [0.25, 0.3) is 0 Å². The van der Waals surface area contributed by atoms with E-state index in [9.17, 15) is 5.11 Å². The van der Waals surface area contributed by atoms with Gasteiger partial charge in [0.05, 0.1) is 0 Å². The molecule has 0 aromatic heterocycles. The summed E-state index contributed by atoms with van der Waals surface area (Å²) in [7, 11) is 0. The highest BCUT2D eigenvalue weighted by molar-refractivity contribution is 5.43. The molecule has 118 valence electrons. The average molecular weight is 290 g/mol.